The Bertz CT molecular complexity index is 365. The van der Waals surface area contributed by atoms with Crippen LogP contribution < -0.4 is 10.4 Å². The summed E-state index contributed by atoms with van der Waals surface area (Å²) >= 11 is 0. The molecule has 0 saturated carbocycles. The lowest BCUT2D eigenvalue weighted by molar-refractivity contribution is -0.127. The van der Waals surface area contributed by atoms with Crippen molar-refractivity contribution in [2.24, 2.45) is 0 Å². The van der Waals surface area contributed by atoms with Gasteiger partial charge in [0.05, 0.1) is 6.54 Å². The topological polar surface area (TPSA) is 52.6 Å². The fraction of sp³-hybridized carbons (Fsp3) is 0.364. The highest BCUT2D eigenvalue weighted by Crippen LogP contribution is 2.25. The fourth-order valence-corrected chi connectivity index (χ4v) is 1.98. The second-order valence-electron chi connectivity index (χ2n) is 3.69. The van der Waals surface area contributed by atoms with Gasteiger partial charge in [0.2, 0.25) is 0 Å². The summed E-state index contributed by atoms with van der Waals surface area (Å²) in [5.41, 5.74) is 4.04. The Morgan fingerprint density at radius 3 is 3.07 bits per heavy atom. The van der Waals surface area contributed by atoms with Crippen molar-refractivity contribution in [3.8, 4) is 0 Å². The normalized spacial score (nSPS) is 14.6. The average Bonchev–Trinajstić information content (AvgIpc) is 2.29. The highest BCUT2D eigenvalue weighted by molar-refractivity contribution is 5.80. The first-order valence-electron chi connectivity index (χ1n) is 5.07. The van der Waals surface area contributed by atoms with Gasteiger partial charge in [-0.3, -0.25) is 10.0 Å². The minimum Gasteiger partial charge on any atom is -0.362 e. The van der Waals surface area contributed by atoms with Gasteiger partial charge in [0.15, 0.2) is 0 Å². The third-order valence-corrected chi connectivity index (χ3v) is 2.67. The number of hydrogen-bond donors (Lipinski definition) is 2. The first-order valence-corrected chi connectivity index (χ1v) is 5.07. The van der Waals surface area contributed by atoms with E-state index in [1.165, 1.54) is 5.56 Å². The predicted molar refractivity (Wildman–Crippen MR) is 56.9 cm³/mol. The number of benzene rings is 1. The van der Waals surface area contributed by atoms with E-state index in [2.05, 4.69) is 6.07 Å². The number of aryl methyl sites for hydroxylation is 1. The van der Waals surface area contributed by atoms with Gasteiger partial charge in [0.1, 0.15) is 0 Å². The Labute approximate surface area is 88.5 Å². The van der Waals surface area contributed by atoms with E-state index in [1.54, 1.807) is 5.48 Å². The molecule has 1 amide bonds. The highest BCUT2D eigenvalue weighted by atomic mass is 16.5. The number of anilines is 1. The Morgan fingerprint density at radius 2 is 2.27 bits per heavy atom. The molecule has 0 aliphatic carbocycles. The summed E-state index contributed by atoms with van der Waals surface area (Å²) in [6.07, 6.45) is 2.11. The van der Waals surface area contributed by atoms with Gasteiger partial charge >= 0.3 is 0 Å². The second kappa shape index (κ2) is 4.31. The lowest BCUT2D eigenvalue weighted by atomic mass is 10.0. The molecule has 4 heteroatoms. The molecule has 2 rings (SSSR count). The zero-order valence-corrected chi connectivity index (χ0v) is 8.44. The maximum atomic E-state index is 11.1. The zero-order chi connectivity index (χ0) is 10.7. The van der Waals surface area contributed by atoms with Crippen LogP contribution >= 0.6 is 0 Å². The molecule has 4 nitrogen and oxygen atoms in total. The van der Waals surface area contributed by atoms with Crippen molar-refractivity contribution in [2.75, 3.05) is 18.0 Å². The van der Waals surface area contributed by atoms with E-state index in [0.717, 1.165) is 25.1 Å². The van der Waals surface area contributed by atoms with E-state index in [9.17, 15) is 4.79 Å². The third kappa shape index (κ3) is 2.10. The van der Waals surface area contributed by atoms with Gasteiger partial charge in [-0.1, -0.05) is 18.2 Å². The molecular weight excluding hydrogens is 192 g/mol. The molecule has 1 aliphatic rings. The van der Waals surface area contributed by atoms with Crippen LogP contribution in [0.4, 0.5) is 5.69 Å². The van der Waals surface area contributed by atoms with E-state index in [-0.39, 0.29) is 12.5 Å². The maximum Gasteiger partial charge on any atom is 0.262 e. The number of rotatable bonds is 2. The van der Waals surface area contributed by atoms with Crippen molar-refractivity contribution in [3.05, 3.63) is 29.8 Å². The summed E-state index contributed by atoms with van der Waals surface area (Å²) in [5, 5.41) is 8.49. The number of nitrogens with zero attached hydrogens (tertiary/aromatic N) is 1. The summed E-state index contributed by atoms with van der Waals surface area (Å²) < 4.78 is 0. The SMILES string of the molecule is O=C(CN1CCCc2ccccc21)NO. The van der Waals surface area contributed by atoms with Crippen LogP contribution in [0, 0.1) is 0 Å². The van der Waals surface area contributed by atoms with Crippen molar-refractivity contribution in [1.82, 2.24) is 5.48 Å². The molecule has 0 fully saturated rings. The van der Waals surface area contributed by atoms with Crippen molar-refractivity contribution < 1.29 is 10.0 Å². The molecule has 1 heterocycles. The molecule has 0 saturated heterocycles. The van der Waals surface area contributed by atoms with Crippen molar-refractivity contribution in [1.29, 1.82) is 0 Å². The van der Waals surface area contributed by atoms with Crippen LogP contribution in [0.5, 0.6) is 0 Å². The molecule has 0 bridgehead atoms. The van der Waals surface area contributed by atoms with Gasteiger partial charge in [0.25, 0.3) is 5.91 Å². The molecule has 15 heavy (non-hydrogen) atoms. The van der Waals surface area contributed by atoms with Crippen molar-refractivity contribution >= 4 is 11.6 Å². The smallest absolute Gasteiger partial charge is 0.262 e. The molecule has 0 aromatic heterocycles. The lowest BCUT2D eigenvalue weighted by Crippen LogP contribution is -2.38. The molecule has 80 valence electrons. The second-order valence-corrected chi connectivity index (χ2v) is 3.69. The summed E-state index contributed by atoms with van der Waals surface area (Å²) in [6.45, 7) is 1.08. The first-order chi connectivity index (χ1) is 7.31. The number of carbonyl (C=O) groups excluding carboxylic acids is 1. The Balaban J connectivity index is 2.18. The quantitative estimate of drug-likeness (QED) is 0.559. The zero-order valence-electron chi connectivity index (χ0n) is 8.44. The number of fused-ring (bicyclic) bond motifs is 1. The van der Waals surface area contributed by atoms with Gasteiger partial charge in [-0.15, -0.1) is 0 Å². The molecule has 0 unspecified atom stereocenters. The van der Waals surface area contributed by atoms with E-state index < -0.39 is 0 Å². The van der Waals surface area contributed by atoms with Crippen LogP contribution in [0.1, 0.15) is 12.0 Å². The van der Waals surface area contributed by atoms with Crippen molar-refractivity contribution in [2.45, 2.75) is 12.8 Å². The van der Waals surface area contributed by atoms with Crippen LogP contribution in [-0.2, 0) is 11.2 Å². The molecule has 0 atom stereocenters. The highest BCUT2D eigenvalue weighted by Gasteiger charge is 2.17. The summed E-state index contributed by atoms with van der Waals surface area (Å²) in [6, 6.07) is 8.07. The first kappa shape index (κ1) is 9.98. The van der Waals surface area contributed by atoms with Crippen LogP contribution in [0.2, 0.25) is 0 Å². The number of amides is 1. The monoisotopic (exact) mass is 206 g/mol. The fourth-order valence-electron chi connectivity index (χ4n) is 1.98. The largest absolute Gasteiger partial charge is 0.362 e. The Kier molecular flexibility index (Phi) is 2.87. The molecular formula is C11H14N2O2. The standard InChI is InChI=1S/C11H14N2O2/c14-11(12-15)8-13-7-3-5-9-4-1-2-6-10(9)13/h1-2,4,6,15H,3,5,7-8H2,(H,12,14). The molecule has 1 aromatic carbocycles. The van der Waals surface area contributed by atoms with E-state index >= 15 is 0 Å². The Morgan fingerprint density at radius 1 is 1.47 bits per heavy atom. The summed E-state index contributed by atoms with van der Waals surface area (Å²) in [5.74, 6) is -0.369. The van der Waals surface area contributed by atoms with Gasteiger partial charge in [-0.2, -0.15) is 0 Å². The lowest BCUT2D eigenvalue weighted by Gasteiger charge is -2.30. The van der Waals surface area contributed by atoms with Gasteiger partial charge in [-0.25, -0.2) is 5.48 Å². The molecule has 0 spiro atoms. The van der Waals surface area contributed by atoms with Crippen LogP contribution in [-0.4, -0.2) is 24.2 Å². The summed E-state index contributed by atoms with van der Waals surface area (Å²) in [4.78, 5) is 13.1. The maximum absolute atomic E-state index is 11.1. The molecule has 1 aliphatic heterocycles. The van der Waals surface area contributed by atoms with Crippen LogP contribution in [0.3, 0.4) is 0 Å². The number of hydroxylamine groups is 1. The number of nitrogens with one attached hydrogen (secondary N) is 1. The van der Waals surface area contributed by atoms with Crippen molar-refractivity contribution in [3.63, 3.8) is 0 Å². The minimum atomic E-state index is -0.369. The van der Waals surface area contributed by atoms with Crippen LogP contribution in [0.25, 0.3) is 0 Å². The van der Waals surface area contributed by atoms with Crippen LogP contribution in [0.15, 0.2) is 24.3 Å². The molecule has 2 N–H and O–H groups in total. The van der Waals surface area contributed by atoms with Gasteiger partial charge in [-0.05, 0) is 24.5 Å². The Hall–Kier alpha value is -1.55. The average molecular weight is 206 g/mol. The van der Waals surface area contributed by atoms with Gasteiger partial charge in [0, 0.05) is 12.2 Å². The van der Waals surface area contributed by atoms with E-state index in [1.807, 2.05) is 23.1 Å². The predicted octanol–water partition coefficient (Wildman–Crippen LogP) is 0.945. The minimum absolute atomic E-state index is 0.216. The summed E-state index contributed by atoms with van der Waals surface area (Å²) in [7, 11) is 0. The third-order valence-electron chi connectivity index (χ3n) is 2.67. The number of carbonyl (C=O) groups is 1. The molecule has 0 radical (unpaired) electrons. The van der Waals surface area contributed by atoms with E-state index in [4.69, 9.17) is 5.21 Å². The van der Waals surface area contributed by atoms with Gasteiger partial charge < -0.3 is 4.90 Å². The number of para-hydroxylation sites is 1. The molecule has 1 aromatic rings. The number of hydrogen-bond acceptors (Lipinski definition) is 3. The van der Waals surface area contributed by atoms with E-state index in [0.29, 0.717) is 0 Å².